The Kier molecular flexibility index (Phi) is 20.9. The SMILES string of the molecule is C=C(C)OC(C)(C)C.C=C(C)OC(C)(C)C.C=COc1cccc(F)c1C1CCC(OCC(C)C2(CCC)COCC(=O)C2)CC1.CC. The van der Waals surface area contributed by atoms with E-state index in [1.165, 1.54) is 12.3 Å². The molecule has 1 aliphatic heterocycles. The molecule has 1 aromatic carbocycles. The summed E-state index contributed by atoms with van der Waals surface area (Å²) >= 11 is 0. The van der Waals surface area contributed by atoms with Crippen LogP contribution < -0.4 is 4.74 Å². The molecule has 0 spiro atoms. The summed E-state index contributed by atoms with van der Waals surface area (Å²) in [6.45, 7) is 36.4. The van der Waals surface area contributed by atoms with Crippen LogP contribution in [0.5, 0.6) is 5.75 Å². The van der Waals surface area contributed by atoms with E-state index in [1.54, 1.807) is 12.1 Å². The highest BCUT2D eigenvalue weighted by Crippen LogP contribution is 2.42. The minimum atomic E-state index is -0.212. The van der Waals surface area contributed by atoms with Crippen LogP contribution >= 0.6 is 0 Å². The molecule has 48 heavy (non-hydrogen) atoms. The van der Waals surface area contributed by atoms with Crippen molar-refractivity contribution in [3.05, 3.63) is 67.1 Å². The molecule has 2 atom stereocenters. The molecule has 2 unspecified atom stereocenters. The van der Waals surface area contributed by atoms with E-state index in [2.05, 4.69) is 33.6 Å². The Balaban J connectivity index is 0.00000101. The van der Waals surface area contributed by atoms with Crippen molar-refractivity contribution >= 4 is 5.78 Å². The number of hydrogen-bond acceptors (Lipinski definition) is 6. The molecule has 0 amide bonds. The molecule has 6 nitrogen and oxygen atoms in total. The van der Waals surface area contributed by atoms with Gasteiger partial charge in [0.2, 0.25) is 0 Å². The first-order valence-electron chi connectivity index (χ1n) is 17.8. The summed E-state index contributed by atoms with van der Waals surface area (Å²) in [6, 6.07) is 4.96. The monoisotopic (exact) mass is 677 g/mol. The van der Waals surface area contributed by atoms with Gasteiger partial charge in [-0.3, -0.25) is 4.79 Å². The third kappa shape index (κ3) is 18.2. The lowest BCUT2D eigenvalue weighted by molar-refractivity contribution is -0.142. The van der Waals surface area contributed by atoms with Gasteiger partial charge in [0.25, 0.3) is 0 Å². The number of ether oxygens (including phenoxy) is 5. The maximum Gasteiger partial charge on any atom is 0.159 e. The summed E-state index contributed by atoms with van der Waals surface area (Å²) in [6.07, 6.45) is 7.67. The van der Waals surface area contributed by atoms with Crippen molar-refractivity contribution in [1.29, 1.82) is 0 Å². The number of hydrogen-bond donors (Lipinski definition) is 0. The van der Waals surface area contributed by atoms with Gasteiger partial charge in [0, 0.05) is 17.4 Å². The highest BCUT2D eigenvalue weighted by atomic mass is 19.1. The van der Waals surface area contributed by atoms with Crippen molar-refractivity contribution in [3.8, 4) is 5.75 Å². The Morgan fingerprint density at radius 2 is 1.56 bits per heavy atom. The number of Topliss-reactive ketones (excluding diaryl/α,β-unsaturated/α-hetero) is 1. The first-order valence-corrected chi connectivity index (χ1v) is 17.8. The molecule has 0 N–H and O–H groups in total. The number of carbonyl (C=O) groups is 1. The minimum Gasteiger partial charge on any atom is -0.493 e. The highest BCUT2D eigenvalue weighted by Gasteiger charge is 2.41. The van der Waals surface area contributed by atoms with E-state index >= 15 is 0 Å². The molecule has 0 aromatic heterocycles. The van der Waals surface area contributed by atoms with Gasteiger partial charge in [0.1, 0.15) is 29.4 Å². The van der Waals surface area contributed by atoms with Crippen LogP contribution in [0.25, 0.3) is 0 Å². The molecule has 1 saturated heterocycles. The van der Waals surface area contributed by atoms with Crippen LogP contribution in [0.3, 0.4) is 0 Å². The van der Waals surface area contributed by atoms with E-state index in [1.807, 2.05) is 69.2 Å². The maximum absolute atomic E-state index is 14.5. The van der Waals surface area contributed by atoms with Crippen LogP contribution in [0.2, 0.25) is 0 Å². The fourth-order valence-electron chi connectivity index (χ4n) is 6.21. The molecule has 1 aromatic rings. The van der Waals surface area contributed by atoms with E-state index in [0.717, 1.165) is 50.0 Å². The summed E-state index contributed by atoms with van der Waals surface area (Å²) in [7, 11) is 0. The first-order chi connectivity index (χ1) is 22.3. The van der Waals surface area contributed by atoms with Crippen LogP contribution in [0, 0.1) is 17.2 Å². The average molecular weight is 677 g/mol. The second-order valence-corrected chi connectivity index (χ2v) is 14.8. The van der Waals surface area contributed by atoms with Crippen molar-refractivity contribution in [3.63, 3.8) is 0 Å². The van der Waals surface area contributed by atoms with E-state index in [4.69, 9.17) is 23.7 Å². The summed E-state index contributed by atoms with van der Waals surface area (Å²) in [5.41, 5.74) is 0.396. The summed E-state index contributed by atoms with van der Waals surface area (Å²) in [4.78, 5) is 12.0. The molecule has 7 heteroatoms. The molecule has 1 saturated carbocycles. The highest BCUT2D eigenvalue weighted by molar-refractivity contribution is 5.81. The molecular weight excluding hydrogens is 607 g/mol. The van der Waals surface area contributed by atoms with Crippen LogP contribution in [0.1, 0.15) is 140 Å². The predicted molar refractivity (Wildman–Crippen MR) is 198 cm³/mol. The van der Waals surface area contributed by atoms with Gasteiger partial charge in [0.15, 0.2) is 5.78 Å². The van der Waals surface area contributed by atoms with E-state index < -0.39 is 0 Å². The van der Waals surface area contributed by atoms with Gasteiger partial charge in [0.05, 0.1) is 37.1 Å². The number of rotatable bonds is 11. The normalized spacial score (nSPS) is 21.4. The van der Waals surface area contributed by atoms with E-state index in [-0.39, 0.29) is 52.8 Å². The summed E-state index contributed by atoms with van der Waals surface area (Å²) in [5.74, 6) is 2.49. The Labute approximate surface area is 293 Å². The molecule has 2 aliphatic rings. The second kappa shape index (κ2) is 22.2. The summed E-state index contributed by atoms with van der Waals surface area (Å²) < 4.78 is 42.3. The predicted octanol–water partition coefficient (Wildman–Crippen LogP) is 11.5. The van der Waals surface area contributed by atoms with Gasteiger partial charge in [-0.1, -0.05) is 59.9 Å². The van der Waals surface area contributed by atoms with Crippen LogP contribution in [-0.4, -0.2) is 42.9 Å². The fourth-order valence-corrected chi connectivity index (χ4v) is 6.21. The van der Waals surface area contributed by atoms with Crippen LogP contribution in [-0.2, 0) is 23.7 Å². The lowest BCUT2D eigenvalue weighted by Crippen LogP contribution is -2.43. The smallest absolute Gasteiger partial charge is 0.159 e. The van der Waals surface area contributed by atoms with Gasteiger partial charge < -0.3 is 23.7 Å². The van der Waals surface area contributed by atoms with Gasteiger partial charge in [-0.2, -0.15) is 0 Å². The van der Waals surface area contributed by atoms with Gasteiger partial charge in [-0.15, -0.1) is 0 Å². The number of benzene rings is 1. The molecule has 0 radical (unpaired) electrons. The molecular formula is C41H69FO6. The van der Waals surface area contributed by atoms with Crippen molar-refractivity contribution in [1.82, 2.24) is 0 Å². The molecule has 1 heterocycles. The maximum atomic E-state index is 14.5. The molecule has 3 rings (SSSR count). The van der Waals surface area contributed by atoms with Gasteiger partial charge in [-0.25, -0.2) is 4.39 Å². The number of ketones is 1. The standard InChI is InChI=1S/C25H35FO4.2C7H14O.C2H6/c1-4-13-25(14-20(27)16-28-17-25)18(3)15-30-21-11-9-19(10-12-21)24-22(26)7-6-8-23(24)29-5-2;2*1-6(2)8-7(3,4)5;1-2/h5-8,18-19,21H,2,4,9-17H2,1,3H3;2*1H2,2-5H3;1-2H3. The van der Waals surface area contributed by atoms with Crippen LogP contribution in [0.15, 0.2) is 55.7 Å². The van der Waals surface area contributed by atoms with Gasteiger partial charge in [-0.05, 0) is 111 Å². The lowest BCUT2D eigenvalue weighted by Gasteiger charge is -2.42. The second-order valence-electron chi connectivity index (χ2n) is 14.8. The quantitative estimate of drug-likeness (QED) is 0.217. The topological polar surface area (TPSA) is 63.2 Å². The molecule has 276 valence electrons. The number of halogens is 1. The number of allylic oxidation sites excluding steroid dienone is 2. The molecule has 1 aliphatic carbocycles. The Morgan fingerprint density at radius 3 is 1.98 bits per heavy atom. The Hall–Kier alpha value is -2.64. The third-order valence-corrected chi connectivity index (χ3v) is 7.84. The fraction of sp³-hybridized carbons (Fsp3) is 0.683. The number of carbonyl (C=O) groups excluding carboxylic acids is 1. The Morgan fingerprint density at radius 1 is 1.02 bits per heavy atom. The third-order valence-electron chi connectivity index (χ3n) is 7.84. The zero-order chi connectivity index (χ0) is 37.1. The average Bonchev–Trinajstić information content (AvgIpc) is 2.96. The van der Waals surface area contributed by atoms with Crippen molar-refractivity contribution in [2.75, 3.05) is 19.8 Å². The zero-order valence-electron chi connectivity index (χ0n) is 32.6. The van der Waals surface area contributed by atoms with E-state index in [0.29, 0.717) is 30.9 Å². The minimum absolute atomic E-state index is 0.0775. The zero-order valence-corrected chi connectivity index (χ0v) is 32.6. The van der Waals surface area contributed by atoms with Crippen molar-refractivity contribution in [2.45, 2.75) is 151 Å². The molecule has 0 bridgehead atoms. The lowest BCUT2D eigenvalue weighted by atomic mass is 9.69. The van der Waals surface area contributed by atoms with Crippen molar-refractivity contribution in [2.24, 2.45) is 11.3 Å². The largest absolute Gasteiger partial charge is 0.493 e. The summed E-state index contributed by atoms with van der Waals surface area (Å²) in [5, 5.41) is 0. The first kappa shape index (κ1) is 45.4. The molecule has 2 fully saturated rings. The Bertz CT molecular complexity index is 1080. The van der Waals surface area contributed by atoms with Gasteiger partial charge >= 0.3 is 0 Å². The van der Waals surface area contributed by atoms with Crippen molar-refractivity contribution < 1.29 is 32.9 Å². The van der Waals surface area contributed by atoms with Crippen LogP contribution in [0.4, 0.5) is 4.39 Å². The van der Waals surface area contributed by atoms with E-state index in [9.17, 15) is 9.18 Å².